The molecule has 222 valence electrons. The molecule has 42 heavy (non-hydrogen) atoms. The van der Waals surface area contributed by atoms with Gasteiger partial charge in [0.2, 0.25) is 0 Å². The van der Waals surface area contributed by atoms with E-state index in [1.807, 2.05) is 0 Å². The molecule has 1 saturated heterocycles. The molecule has 12 heteroatoms. The number of allylic oxidation sites excluding steroid dienone is 3. The summed E-state index contributed by atoms with van der Waals surface area (Å²) in [5, 5.41) is 3.52. The van der Waals surface area contributed by atoms with Gasteiger partial charge in [-0.1, -0.05) is 12.1 Å². The van der Waals surface area contributed by atoms with E-state index in [0.29, 0.717) is 34.9 Å². The maximum atomic E-state index is 13.9. The van der Waals surface area contributed by atoms with Gasteiger partial charge in [0.15, 0.2) is 5.82 Å². The fourth-order valence-electron chi connectivity index (χ4n) is 4.95. The van der Waals surface area contributed by atoms with E-state index in [9.17, 15) is 26.3 Å². The molecule has 1 fully saturated rings. The third kappa shape index (κ3) is 7.16. The standard InChI is InChI=1S/C30H29F6N5O/c1-41-14-11-19(12-15-41)17-42-18-26-39-25-16-20(27-24(30(34,35)36)4-2-3-13-37-27)5-10-23(25)28(40-26)38-22-8-6-21(7-9-22)29(31,32)33/h2-3,5-10,13,16,19H,4,11-12,14-15,17-18H2,1H3,(H,38,39,40). The summed E-state index contributed by atoms with van der Waals surface area (Å²) in [6.07, 6.45) is -3.19. The zero-order valence-corrected chi connectivity index (χ0v) is 22.8. The van der Waals surface area contributed by atoms with Gasteiger partial charge in [-0.3, -0.25) is 4.99 Å². The van der Waals surface area contributed by atoms with E-state index < -0.39 is 23.5 Å². The van der Waals surface area contributed by atoms with Crippen LogP contribution in [-0.4, -0.2) is 54.0 Å². The second kappa shape index (κ2) is 12.2. The lowest BCUT2D eigenvalue weighted by molar-refractivity contribution is -0.137. The van der Waals surface area contributed by atoms with Gasteiger partial charge in [0, 0.05) is 22.9 Å². The van der Waals surface area contributed by atoms with E-state index in [0.717, 1.165) is 38.1 Å². The lowest BCUT2D eigenvalue weighted by Gasteiger charge is -2.28. The molecule has 0 radical (unpaired) electrons. The first-order valence-corrected chi connectivity index (χ1v) is 13.5. The second-order valence-electron chi connectivity index (χ2n) is 10.4. The average molecular weight is 590 g/mol. The van der Waals surface area contributed by atoms with Crippen molar-refractivity contribution in [3.8, 4) is 0 Å². The quantitative estimate of drug-likeness (QED) is 0.288. The Bertz CT molecular complexity index is 1500. The molecule has 3 heterocycles. The number of alkyl halides is 6. The van der Waals surface area contributed by atoms with Gasteiger partial charge in [-0.05, 0) is 87.8 Å². The van der Waals surface area contributed by atoms with Crippen molar-refractivity contribution in [2.75, 3.05) is 32.1 Å². The predicted octanol–water partition coefficient (Wildman–Crippen LogP) is 7.55. The Kier molecular flexibility index (Phi) is 8.65. The third-order valence-electron chi connectivity index (χ3n) is 7.29. The number of nitrogens with zero attached hydrogens (tertiary/aromatic N) is 4. The van der Waals surface area contributed by atoms with Crippen LogP contribution in [0, 0.1) is 5.92 Å². The van der Waals surface area contributed by atoms with Crippen molar-refractivity contribution < 1.29 is 31.1 Å². The minimum absolute atomic E-state index is 0.0623. The van der Waals surface area contributed by atoms with Crippen LogP contribution < -0.4 is 5.32 Å². The van der Waals surface area contributed by atoms with Gasteiger partial charge >= 0.3 is 12.4 Å². The third-order valence-corrected chi connectivity index (χ3v) is 7.29. The molecular weight excluding hydrogens is 560 g/mol. The average Bonchev–Trinajstić information content (AvgIpc) is 3.20. The minimum Gasteiger partial charge on any atom is -0.373 e. The largest absolute Gasteiger partial charge is 0.416 e. The van der Waals surface area contributed by atoms with E-state index in [1.54, 1.807) is 6.07 Å². The monoisotopic (exact) mass is 589 g/mol. The van der Waals surface area contributed by atoms with Crippen molar-refractivity contribution in [1.29, 1.82) is 0 Å². The molecule has 5 rings (SSSR count). The summed E-state index contributed by atoms with van der Waals surface area (Å²) in [5.74, 6) is 0.978. The second-order valence-corrected chi connectivity index (χ2v) is 10.4. The van der Waals surface area contributed by atoms with Crippen LogP contribution in [0.15, 0.2) is 65.2 Å². The number of hydrogen-bond acceptors (Lipinski definition) is 6. The number of ether oxygens (including phenoxy) is 1. The normalized spacial score (nSPS) is 17.2. The van der Waals surface area contributed by atoms with Crippen molar-refractivity contribution in [2.24, 2.45) is 10.9 Å². The molecule has 1 aromatic heterocycles. The topological polar surface area (TPSA) is 62.6 Å². The maximum absolute atomic E-state index is 13.9. The van der Waals surface area contributed by atoms with Crippen LogP contribution in [0.25, 0.3) is 16.6 Å². The molecule has 3 aromatic rings. The van der Waals surface area contributed by atoms with Crippen molar-refractivity contribution in [3.63, 3.8) is 0 Å². The minimum atomic E-state index is -4.58. The smallest absolute Gasteiger partial charge is 0.373 e. The van der Waals surface area contributed by atoms with Crippen LogP contribution in [0.1, 0.15) is 36.2 Å². The number of aromatic nitrogens is 2. The highest BCUT2D eigenvalue weighted by Gasteiger charge is 2.36. The number of anilines is 2. The van der Waals surface area contributed by atoms with E-state index >= 15 is 0 Å². The summed E-state index contributed by atoms with van der Waals surface area (Å²) in [5.41, 5.74) is -0.841. The SMILES string of the molecule is CN1CCC(COCc2nc(Nc3ccc(C(F)(F)F)cc3)c3ccc(C4=C(C(F)(F)F)CC=CC=N4)cc3n2)CC1. The van der Waals surface area contributed by atoms with Crippen LogP contribution in [0.4, 0.5) is 37.8 Å². The number of likely N-dealkylation sites (tertiary alicyclic amines) is 1. The maximum Gasteiger partial charge on any atom is 0.416 e. The van der Waals surface area contributed by atoms with Crippen LogP contribution in [0.3, 0.4) is 0 Å². The Hall–Kier alpha value is -3.77. The Balaban J connectivity index is 1.49. The Morgan fingerprint density at radius 3 is 2.38 bits per heavy atom. The molecule has 0 aliphatic carbocycles. The molecule has 2 aliphatic rings. The van der Waals surface area contributed by atoms with Crippen LogP contribution >= 0.6 is 0 Å². The van der Waals surface area contributed by atoms with Crippen molar-refractivity contribution >= 4 is 34.3 Å². The summed E-state index contributed by atoms with van der Waals surface area (Å²) in [6, 6.07) is 9.08. The molecule has 6 nitrogen and oxygen atoms in total. The van der Waals surface area contributed by atoms with E-state index in [1.165, 1.54) is 42.6 Å². The summed E-state index contributed by atoms with van der Waals surface area (Å²) < 4.78 is 86.7. The molecule has 2 aromatic carbocycles. The molecular formula is C30H29F6N5O. The van der Waals surface area contributed by atoms with Crippen molar-refractivity contribution in [2.45, 2.75) is 38.2 Å². The van der Waals surface area contributed by atoms with Crippen molar-refractivity contribution in [3.05, 3.63) is 77.1 Å². The Labute approximate surface area is 238 Å². The zero-order chi connectivity index (χ0) is 29.9. The van der Waals surface area contributed by atoms with E-state index in [-0.39, 0.29) is 30.1 Å². The molecule has 0 atom stereocenters. The lowest BCUT2D eigenvalue weighted by Crippen LogP contribution is -2.32. The fraction of sp³-hybridized carbons (Fsp3) is 0.367. The summed E-state index contributed by atoms with van der Waals surface area (Å²) in [7, 11) is 2.07. The number of halogens is 6. The van der Waals surface area contributed by atoms with Gasteiger partial charge in [-0.15, -0.1) is 0 Å². The lowest BCUT2D eigenvalue weighted by atomic mass is 9.98. The number of rotatable bonds is 7. The number of fused-ring (bicyclic) bond motifs is 1. The first kappa shape index (κ1) is 29.7. The highest BCUT2D eigenvalue weighted by Crippen LogP contribution is 2.38. The van der Waals surface area contributed by atoms with Gasteiger partial charge in [-0.2, -0.15) is 26.3 Å². The molecule has 0 unspecified atom stereocenters. The first-order valence-electron chi connectivity index (χ1n) is 13.5. The van der Waals surface area contributed by atoms with E-state index in [2.05, 4.69) is 32.2 Å². The number of aliphatic imine (C=N–C) groups is 1. The fourth-order valence-corrected chi connectivity index (χ4v) is 4.95. The number of benzene rings is 2. The number of piperidine rings is 1. The molecule has 0 spiro atoms. The van der Waals surface area contributed by atoms with Gasteiger partial charge in [0.1, 0.15) is 12.4 Å². The Morgan fingerprint density at radius 1 is 0.952 bits per heavy atom. The van der Waals surface area contributed by atoms with Gasteiger partial charge in [0.05, 0.1) is 29.0 Å². The zero-order valence-electron chi connectivity index (χ0n) is 22.8. The highest BCUT2D eigenvalue weighted by molar-refractivity contribution is 5.94. The summed E-state index contributed by atoms with van der Waals surface area (Å²) >= 11 is 0. The summed E-state index contributed by atoms with van der Waals surface area (Å²) in [4.78, 5) is 15.5. The molecule has 0 saturated carbocycles. The number of nitrogens with one attached hydrogen (secondary N) is 1. The van der Waals surface area contributed by atoms with Gasteiger partial charge in [0.25, 0.3) is 0 Å². The molecule has 0 amide bonds. The first-order chi connectivity index (χ1) is 20.0. The van der Waals surface area contributed by atoms with Crippen molar-refractivity contribution in [1.82, 2.24) is 14.9 Å². The van der Waals surface area contributed by atoms with E-state index in [4.69, 9.17) is 4.74 Å². The number of hydrogen-bond donors (Lipinski definition) is 1. The van der Waals surface area contributed by atoms with Crippen LogP contribution in [-0.2, 0) is 17.5 Å². The predicted molar refractivity (Wildman–Crippen MR) is 149 cm³/mol. The molecule has 1 N–H and O–H groups in total. The van der Waals surface area contributed by atoms with Crippen LogP contribution in [0.2, 0.25) is 0 Å². The molecule has 0 bridgehead atoms. The van der Waals surface area contributed by atoms with Crippen LogP contribution in [0.5, 0.6) is 0 Å². The van der Waals surface area contributed by atoms with Gasteiger partial charge in [-0.25, -0.2) is 9.97 Å². The molecule has 2 aliphatic heterocycles. The Morgan fingerprint density at radius 2 is 1.69 bits per heavy atom. The highest BCUT2D eigenvalue weighted by atomic mass is 19.4. The van der Waals surface area contributed by atoms with Gasteiger partial charge < -0.3 is 15.0 Å². The summed E-state index contributed by atoms with van der Waals surface area (Å²) in [6.45, 7) is 2.55.